The summed E-state index contributed by atoms with van der Waals surface area (Å²) >= 11 is 0. The maximum absolute atomic E-state index is 13.2. The van der Waals surface area contributed by atoms with Crippen LogP contribution in [0.2, 0.25) is 0 Å². The Balaban J connectivity index is 2.01. The van der Waals surface area contributed by atoms with E-state index in [1.165, 1.54) is 0 Å². The molecule has 1 aromatic carbocycles. The molecule has 0 saturated carbocycles. The number of hydrogen-bond acceptors (Lipinski definition) is 3. The molecule has 0 radical (unpaired) electrons. The minimum Gasteiger partial charge on any atom is -0.355 e. The molecule has 5 heteroatoms. The summed E-state index contributed by atoms with van der Waals surface area (Å²) in [5, 5.41) is 10.1. The topological polar surface area (TPSA) is 39.9 Å². The number of para-hydroxylation sites is 1. The highest BCUT2D eigenvalue weighted by atomic mass is 19.3. The largest absolute Gasteiger partial charge is 0.355 e. The van der Waals surface area contributed by atoms with Gasteiger partial charge in [0, 0.05) is 31.3 Å². The van der Waals surface area contributed by atoms with Crippen molar-refractivity contribution < 1.29 is 8.78 Å². The molecule has 1 fully saturated rings. The molecular weight excluding hydrogens is 260 g/mol. The van der Waals surface area contributed by atoms with Crippen molar-refractivity contribution in [2.24, 2.45) is 0 Å². The van der Waals surface area contributed by atoms with Gasteiger partial charge >= 0.3 is 0 Å². The van der Waals surface area contributed by atoms with Crippen LogP contribution in [-0.4, -0.2) is 24.0 Å². The lowest BCUT2D eigenvalue weighted by atomic mass is 10.1. The Morgan fingerprint density at radius 2 is 1.90 bits per heavy atom. The second-order valence-electron chi connectivity index (χ2n) is 5.01. The highest BCUT2D eigenvalue weighted by Gasteiger charge is 2.35. The van der Waals surface area contributed by atoms with E-state index in [-0.39, 0.29) is 25.9 Å². The Labute approximate surface area is 115 Å². The Kier molecular flexibility index (Phi) is 3.01. The first-order valence-electron chi connectivity index (χ1n) is 6.52. The van der Waals surface area contributed by atoms with Crippen LogP contribution in [0, 0.1) is 11.3 Å². The number of pyridine rings is 1. The van der Waals surface area contributed by atoms with Crippen molar-refractivity contribution in [1.29, 1.82) is 5.26 Å². The molecule has 0 N–H and O–H groups in total. The summed E-state index contributed by atoms with van der Waals surface area (Å²) in [6.07, 6.45) is -0.376. The molecule has 0 amide bonds. The number of nitriles is 1. The molecule has 0 aliphatic carbocycles. The van der Waals surface area contributed by atoms with Crippen molar-refractivity contribution in [2.75, 3.05) is 18.0 Å². The summed E-state index contributed by atoms with van der Waals surface area (Å²) in [7, 11) is 0. The van der Waals surface area contributed by atoms with Gasteiger partial charge in [0.25, 0.3) is 5.92 Å². The molecule has 102 valence electrons. The number of halogens is 2. The van der Waals surface area contributed by atoms with Gasteiger partial charge in [0.2, 0.25) is 0 Å². The van der Waals surface area contributed by atoms with Crippen LogP contribution < -0.4 is 4.90 Å². The average Bonchev–Trinajstić information content (AvgIpc) is 2.46. The van der Waals surface area contributed by atoms with Gasteiger partial charge in [-0.1, -0.05) is 18.2 Å². The van der Waals surface area contributed by atoms with Crippen LogP contribution in [0.4, 0.5) is 14.6 Å². The van der Waals surface area contributed by atoms with Crippen molar-refractivity contribution >= 4 is 16.7 Å². The Bertz CT molecular complexity index is 681. The van der Waals surface area contributed by atoms with Gasteiger partial charge in [-0.2, -0.15) is 5.26 Å². The number of benzene rings is 1. The van der Waals surface area contributed by atoms with Crippen LogP contribution >= 0.6 is 0 Å². The number of fused-ring (bicyclic) bond motifs is 1. The smallest absolute Gasteiger partial charge is 0.251 e. The number of alkyl halides is 2. The minimum absolute atomic E-state index is 0.188. The van der Waals surface area contributed by atoms with Crippen LogP contribution in [0.15, 0.2) is 30.3 Å². The third kappa shape index (κ3) is 2.29. The summed E-state index contributed by atoms with van der Waals surface area (Å²) in [6.45, 7) is 0.458. The number of hydrogen-bond donors (Lipinski definition) is 0. The van der Waals surface area contributed by atoms with Crippen molar-refractivity contribution in [3.05, 3.63) is 35.9 Å². The van der Waals surface area contributed by atoms with Gasteiger partial charge in [-0.25, -0.2) is 13.8 Å². The van der Waals surface area contributed by atoms with Crippen LogP contribution in [0.25, 0.3) is 10.9 Å². The van der Waals surface area contributed by atoms with Crippen LogP contribution in [0.1, 0.15) is 18.4 Å². The summed E-state index contributed by atoms with van der Waals surface area (Å²) in [5.41, 5.74) is 1.22. The summed E-state index contributed by atoms with van der Waals surface area (Å²) in [5.74, 6) is -2.08. The monoisotopic (exact) mass is 273 g/mol. The lowest BCUT2D eigenvalue weighted by Gasteiger charge is -2.33. The fraction of sp³-hybridized carbons (Fsp3) is 0.333. The van der Waals surface area contributed by atoms with E-state index >= 15 is 0 Å². The van der Waals surface area contributed by atoms with Gasteiger partial charge in [0.1, 0.15) is 11.9 Å². The fourth-order valence-corrected chi connectivity index (χ4v) is 2.47. The fourth-order valence-electron chi connectivity index (χ4n) is 2.47. The van der Waals surface area contributed by atoms with E-state index in [2.05, 4.69) is 11.1 Å². The second kappa shape index (κ2) is 4.71. The summed E-state index contributed by atoms with van der Waals surface area (Å²) in [6, 6.07) is 11.4. The van der Waals surface area contributed by atoms with E-state index in [0.717, 1.165) is 10.9 Å². The molecule has 1 aliphatic rings. The maximum atomic E-state index is 13.2. The molecule has 0 atom stereocenters. The predicted molar refractivity (Wildman–Crippen MR) is 72.9 cm³/mol. The van der Waals surface area contributed by atoms with Crippen molar-refractivity contribution in [3.63, 3.8) is 0 Å². The van der Waals surface area contributed by atoms with E-state index in [4.69, 9.17) is 0 Å². The number of nitrogens with zero attached hydrogens (tertiary/aromatic N) is 3. The molecule has 0 spiro atoms. The molecule has 1 aromatic heterocycles. The lowest BCUT2D eigenvalue weighted by Crippen LogP contribution is -2.40. The number of aromatic nitrogens is 1. The average molecular weight is 273 g/mol. The zero-order valence-electron chi connectivity index (χ0n) is 10.8. The van der Waals surface area contributed by atoms with E-state index in [1.807, 2.05) is 24.3 Å². The van der Waals surface area contributed by atoms with E-state index in [1.54, 1.807) is 11.0 Å². The molecule has 2 heterocycles. The van der Waals surface area contributed by atoms with Gasteiger partial charge in [-0.15, -0.1) is 0 Å². The summed E-state index contributed by atoms with van der Waals surface area (Å²) < 4.78 is 26.4. The van der Waals surface area contributed by atoms with Gasteiger partial charge in [0.05, 0.1) is 11.1 Å². The van der Waals surface area contributed by atoms with E-state index in [9.17, 15) is 14.0 Å². The first-order valence-corrected chi connectivity index (χ1v) is 6.52. The lowest BCUT2D eigenvalue weighted by molar-refractivity contribution is -0.0221. The zero-order chi connectivity index (χ0) is 14.2. The van der Waals surface area contributed by atoms with Gasteiger partial charge in [-0.05, 0) is 12.1 Å². The van der Waals surface area contributed by atoms with Crippen molar-refractivity contribution in [3.8, 4) is 6.07 Å². The van der Waals surface area contributed by atoms with Crippen molar-refractivity contribution in [1.82, 2.24) is 4.98 Å². The first kappa shape index (κ1) is 12.8. The Hall–Kier alpha value is -2.22. The standard InChI is InChI=1S/C15H13F2N3/c16-15(17)5-7-20(8-6-15)14-12(10-18)9-11-3-1-2-4-13(11)19-14/h1-4,9H,5-8H2. The maximum Gasteiger partial charge on any atom is 0.251 e. The molecule has 0 bridgehead atoms. The number of anilines is 1. The predicted octanol–water partition coefficient (Wildman–Crippen LogP) is 3.34. The summed E-state index contributed by atoms with van der Waals surface area (Å²) in [4.78, 5) is 6.26. The Morgan fingerprint density at radius 1 is 1.20 bits per heavy atom. The van der Waals surface area contributed by atoms with Crippen LogP contribution in [-0.2, 0) is 0 Å². The molecule has 1 saturated heterocycles. The number of piperidine rings is 1. The van der Waals surface area contributed by atoms with E-state index < -0.39 is 5.92 Å². The van der Waals surface area contributed by atoms with E-state index in [0.29, 0.717) is 11.4 Å². The molecular formula is C15H13F2N3. The molecule has 0 unspecified atom stereocenters. The van der Waals surface area contributed by atoms with Crippen LogP contribution in [0.3, 0.4) is 0 Å². The van der Waals surface area contributed by atoms with Gasteiger partial charge in [-0.3, -0.25) is 0 Å². The third-order valence-electron chi connectivity index (χ3n) is 3.62. The second-order valence-corrected chi connectivity index (χ2v) is 5.01. The third-order valence-corrected chi connectivity index (χ3v) is 3.62. The molecule has 3 nitrogen and oxygen atoms in total. The molecule has 3 rings (SSSR count). The first-order chi connectivity index (χ1) is 9.59. The zero-order valence-corrected chi connectivity index (χ0v) is 10.8. The molecule has 2 aromatic rings. The van der Waals surface area contributed by atoms with Gasteiger partial charge in [0.15, 0.2) is 0 Å². The normalized spacial score (nSPS) is 17.9. The van der Waals surface area contributed by atoms with Gasteiger partial charge < -0.3 is 4.90 Å². The molecule has 20 heavy (non-hydrogen) atoms. The molecule has 1 aliphatic heterocycles. The minimum atomic E-state index is -2.60. The SMILES string of the molecule is N#Cc1cc2ccccc2nc1N1CCC(F)(F)CC1. The quantitative estimate of drug-likeness (QED) is 0.800. The highest BCUT2D eigenvalue weighted by Crippen LogP contribution is 2.31. The van der Waals surface area contributed by atoms with Crippen LogP contribution in [0.5, 0.6) is 0 Å². The Morgan fingerprint density at radius 3 is 2.60 bits per heavy atom. The number of rotatable bonds is 1. The van der Waals surface area contributed by atoms with Crippen molar-refractivity contribution in [2.45, 2.75) is 18.8 Å². The highest BCUT2D eigenvalue weighted by molar-refractivity contribution is 5.83.